The molecule has 3 N–H and O–H groups in total. The maximum Gasteiger partial charge on any atom is 0.260 e. The van der Waals surface area contributed by atoms with Gasteiger partial charge in [0.1, 0.15) is 24.7 Å². The van der Waals surface area contributed by atoms with Crippen LogP contribution in [0.2, 0.25) is 0 Å². The summed E-state index contributed by atoms with van der Waals surface area (Å²) in [6.07, 6.45) is 0. The van der Waals surface area contributed by atoms with E-state index in [4.69, 9.17) is 38.4 Å². The average Bonchev–Trinajstić information content (AvgIpc) is 2.86. The van der Waals surface area contributed by atoms with Crippen LogP contribution >= 0.6 is 23.2 Å². The first-order valence-corrected chi connectivity index (χ1v) is 13.6. The molecule has 216 valence electrons. The first kappa shape index (κ1) is 31.2. The molecule has 9 nitrogen and oxygen atoms in total. The zero-order valence-corrected chi connectivity index (χ0v) is 24.9. The van der Waals surface area contributed by atoms with Crippen molar-refractivity contribution in [1.29, 1.82) is 0 Å². The van der Waals surface area contributed by atoms with Crippen LogP contribution in [0.15, 0.2) is 42.5 Å². The molecule has 0 saturated heterocycles. The number of hydrogen-bond donors (Lipinski definition) is 2. The van der Waals surface area contributed by atoms with Gasteiger partial charge < -0.3 is 25.4 Å². The first-order valence-electron chi connectivity index (χ1n) is 12.8. The van der Waals surface area contributed by atoms with Crippen LogP contribution in [0, 0.1) is 13.8 Å². The first-order chi connectivity index (χ1) is 18.7. The van der Waals surface area contributed by atoms with E-state index < -0.39 is 10.5 Å². The van der Waals surface area contributed by atoms with Crippen LogP contribution in [0.5, 0.6) is 11.5 Å². The fourth-order valence-electron chi connectivity index (χ4n) is 3.96. The number of hydrogen-bond acceptors (Lipinski definition) is 8. The number of nitrogens with zero attached hydrogens (tertiary/aromatic N) is 4. The number of rotatable bonds is 7. The third kappa shape index (κ3) is 8.56. The average molecular weight is 594 g/mol. The lowest BCUT2D eigenvalue weighted by Gasteiger charge is -2.35. The second-order valence-corrected chi connectivity index (χ2v) is 11.2. The molecule has 1 aromatic heterocycles. The van der Waals surface area contributed by atoms with Gasteiger partial charge in [0.15, 0.2) is 16.3 Å². The Morgan fingerprint density at radius 2 is 1.85 bits per heavy atom. The molecule has 3 aromatic rings. The molecule has 1 amide bonds. The lowest BCUT2D eigenvalue weighted by Crippen LogP contribution is -2.47. The monoisotopic (exact) mass is 592 g/mol. The molecular formula is C28H35Cl2FN6O3. The Hall–Kier alpha value is -3.37. The molecular weight excluding hydrogens is 558 g/mol. The van der Waals surface area contributed by atoms with Gasteiger partial charge in [0.2, 0.25) is 11.9 Å². The van der Waals surface area contributed by atoms with Crippen molar-refractivity contribution in [2.24, 2.45) is 0 Å². The van der Waals surface area contributed by atoms with Gasteiger partial charge >= 0.3 is 0 Å². The second-order valence-electron chi connectivity index (χ2n) is 10.1. The Kier molecular flexibility index (Phi) is 10.4. The molecule has 0 radical (unpaired) electrons. The molecule has 40 heavy (non-hydrogen) atoms. The van der Waals surface area contributed by atoms with Crippen LogP contribution in [-0.4, -0.2) is 51.0 Å². The van der Waals surface area contributed by atoms with E-state index in [9.17, 15) is 9.18 Å². The van der Waals surface area contributed by atoms with E-state index in [-0.39, 0.29) is 35.7 Å². The maximum absolute atomic E-state index is 14.0. The topological polar surface area (TPSA) is 115 Å². The van der Waals surface area contributed by atoms with Gasteiger partial charge in [-0.25, -0.2) is 4.39 Å². The lowest BCUT2D eigenvalue weighted by molar-refractivity contribution is -0.117. The van der Waals surface area contributed by atoms with E-state index in [2.05, 4.69) is 26.3 Å². The van der Waals surface area contributed by atoms with Gasteiger partial charge in [0, 0.05) is 0 Å². The third-order valence-corrected chi connectivity index (χ3v) is 6.10. The fraction of sp³-hybridized carbons (Fsp3) is 0.429. The molecule has 1 aliphatic rings. The van der Waals surface area contributed by atoms with E-state index in [1.807, 2.05) is 64.1 Å². The normalized spacial score (nSPS) is 15.3. The molecule has 12 heteroatoms. The van der Waals surface area contributed by atoms with Crippen molar-refractivity contribution in [3.8, 4) is 11.5 Å². The SMILES string of the molecule is CC1COc2ccccc2N1C(=O)C(Cl)Cl.Cc1cc(C)cc(OCC(C)Nc2nc(N)nc(C(C)(C)F)n2)c1. The van der Waals surface area contributed by atoms with E-state index in [0.717, 1.165) is 22.6 Å². The summed E-state index contributed by atoms with van der Waals surface area (Å²) in [6.45, 7) is 11.5. The molecule has 2 atom stereocenters. The summed E-state index contributed by atoms with van der Waals surface area (Å²) in [7, 11) is 0. The van der Waals surface area contributed by atoms with E-state index in [0.29, 0.717) is 19.0 Å². The fourth-order valence-corrected chi connectivity index (χ4v) is 4.17. The number of fused-ring (bicyclic) bond motifs is 1. The second kappa shape index (κ2) is 13.3. The minimum atomic E-state index is -1.69. The van der Waals surface area contributed by atoms with Gasteiger partial charge in [-0.3, -0.25) is 4.79 Å². The highest BCUT2D eigenvalue weighted by Gasteiger charge is 2.32. The Morgan fingerprint density at radius 3 is 2.48 bits per heavy atom. The summed E-state index contributed by atoms with van der Waals surface area (Å²) < 4.78 is 25.3. The number of nitrogens with one attached hydrogen (secondary N) is 1. The third-order valence-electron chi connectivity index (χ3n) is 5.72. The van der Waals surface area contributed by atoms with Crippen molar-refractivity contribution in [2.75, 3.05) is 29.2 Å². The van der Waals surface area contributed by atoms with Crippen LogP contribution in [0.1, 0.15) is 44.6 Å². The van der Waals surface area contributed by atoms with Crippen molar-refractivity contribution in [3.63, 3.8) is 0 Å². The van der Waals surface area contributed by atoms with Gasteiger partial charge in [-0.05, 0) is 76.9 Å². The molecule has 0 fully saturated rings. The van der Waals surface area contributed by atoms with Gasteiger partial charge in [0.05, 0.1) is 17.8 Å². The van der Waals surface area contributed by atoms with Gasteiger partial charge in [-0.15, -0.1) is 0 Å². The van der Waals surface area contributed by atoms with E-state index in [1.54, 1.807) is 4.90 Å². The highest BCUT2D eigenvalue weighted by atomic mass is 35.5. The largest absolute Gasteiger partial charge is 0.491 e. The number of alkyl halides is 3. The summed E-state index contributed by atoms with van der Waals surface area (Å²) in [5.41, 5.74) is 6.95. The van der Waals surface area contributed by atoms with Crippen molar-refractivity contribution in [3.05, 3.63) is 59.4 Å². The number of anilines is 3. The highest BCUT2D eigenvalue weighted by molar-refractivity contribution is 6.54. The molecule has 1 aliphatic heterocycles. The number of amides is 1. The van der Waals surface area contributed by atoms with Crippen LogP contribution in [0.4, 0.5) is 22.0 Å². The maximum atomic E-state index is 14.0. The minimum absolute atomic E-state index is 0.0000673. The molecule has 0 spiro atoms. The number of carbonyl (C=O) groups is 1. The van der Waals surface area contributed by atoms with Crippen LogP contribution in [0.3, 0.4) is 0 Å². The number of aryl methyl sites for hydroxylation is 2. The van der Waals surface area contributed by atoms with Crippen molar-refractivity contribution < 1.29 is 18.7 Å². The Labute approximate surface area is 244 Å². The van der Waals surface area contributed by atoms with Gasteiger partial charge in [0.25, 0.3) is 5.91 Å². The lowest BCUT2D eigenvalue weighted by atomic mass is 10.1. The predicted molar refractivity (Wildman–Crippen MR) is 157 cm³/mol. The predicted octanol–water partition coefficient (Wildman–Crippen LogP) is 5.76. The number of para-hydroxylation sites is 2. The Balaban J connectivity index is 0.000000238. The molecule has 2 aromatic carbocycles. The number of nitrogens with two attached hydrogens (primary N) is 1. The molecule has 0 saturated carbocycles. The number of nitrogen functional groups attached to an aromatic ring is 1. The van der Waals surface area contributed by atoms with Gasteiger partial charge in [-0.2, -0.15) is 15.0 Å². The zero-order valence-electron chi connectivity index (χ0n) is 23.4. The van der Waals surface area contributed by atoms with E-state index in [1.165, 1.54) is 13.8 Å². The molecule has 2 heterocycles. The summed E-state index contributed by atoms with van der Waals surface area (Å²) in [5.74, 6) is 1.40. The van der Waals surface area contributed by atoms with Crippen molar-refractivity contribution >= 4 is 46.7 Å². The number of halogens is 3. The van der Waals surface area contributed by atoms with Crippen molar-refractivity contribution in [1.82, 2.24) is 15.0 Å². The van der Waals surface area contributed by atoms with E-state index >= 15 is 0 Å². The quantitative estimate of drug-likeness (QED) is 0.333. The highest BCUT2D eigenvalue weighted by Crippen LogP contribution is 2.34. The molecule has 4 rings (SSSR count). The van der Waals surface area contributed by atoms with Crippen LogP contribution < -0.4 is 25.4 Å². The van der Waals surface area contributed by atoms with Gasteiger partial charge in [-0.1, -0.05) is 41.4 Å². The number of benzene rings is 2. The standard InChI is InChI=1S/C17H24FN5O.C11H11Cl2NO2/c1-10-6-11(2)8-13(7-10)24-9-12(3)20-16-22-14(17(4,5)18)21-15(19)23-16;1-7-6-16-9-5-3-2-4-8(9)14(7)11(15)10(12)13/h6-8,12H,9H2,1-5H3,(H3,19,20,21,22,23);2-5,7,10H,6H2,1H3. The zero-order chi connectivity index (χ0) is 29.6. The number of aromatic nitrogens is 3. The smallest absolute Gasteiger partial charge is 0.260 e. The molecule has 0 bridgehead atoms. The Morgan fingerprint density at radius 1 is 1.20 bits per heavy atom. The summed E-state index contributed by atoms with van der Waals surface area (Å²) >= 11 is 11.3. The van der Waals surface area contributed by atoms with Crippen LogP contribution in [-0.2, 0) is 10.5 Å². The summed E-state index contributed by atoms with van der Waals surface area (Å²) in [5, 5.41) is 3.06. The summed E-state index contributed by atoms with van der Waals surface area (Å²) in [4.78, 5) is 24.3. The minimum Gasteiger partial charge on any atom is -0.491 e. The number of ether oxygens (including phenoxy) is 2. The van der Waals surface area contributed by atoms with Crippen molar-refractivity contribution in [2.45, 2.75) is 64.1 Å². The summed E-state index contributed by atoms with van der Waals surface area (Å²) in [6, 6.07) is 13.2. The number of carbonyl (C=O) groups excluding carboxylic acids is 1. The molecule has 0 aliphatic carbocycles. The Bertz CT molecular complexity index is 1300. The van der Waals surface area contributed by atoms with Crippen LogP contribution in [0.25, 0.3) is 0 Å². The molecule has 2 unspecified atom stereocenters.